The predicted molar refractivity (Wildman–Crippen MR) is 99.6 cm³/mol. The molecule has 0 saturated heterocycles. The van der Waals surface area contributed by atoms with Crippen molar-refractivity contribution in [2.24, 2.45) is 5.14 Å². The van der Waals surface area contributed by atoms with Crippen LogP contribution in [0, 0.1) is 0 Å². The van der Waals surface area contributed by atoms with Gasteiger partial charge in [-0.1, -0.05) is 30.3 Å². The lowest BCUT2D eigenvalue weighted by Crippen LogP contribution is -2.12. The third-order valence-corrected chi connectivity index (χ3v) is 4.46. The second-order valence-electron chi connectivity index (χ2n) is 5.46. The van der Waals surface area contributed by atoms with Crippen LogP contribution in [0.1, 0.15) is 5.76 Å². The van der Waals surface area contributed by atoms with Gasteiger partial charge in [0.2, 0.25) is 15.9 Å². The van der Waals surface area contributed by atoms with E-state index in [1.807, 2.05) is 36.4 Å². The first-order chi connectivity index (χ1) is 12.4. The minimum Gasteiger partial charge on any atom is -0.457 e. The van der Waals surface area contributed by atoms with E-state index in [0.717, 1.165) is 5.56 Å². The van der Waals surface area contributed by atoms with Gasteiger partial charge in [0, 0.05) is 17.3 Å². The molecule has 0 aliphatic heterocycles. The van der Waals surface area contributed by atoms with Crippen molar-refractivity contribution in [3.05, 3.63) is 78.6 Å². The van der Waals surface area contributed by atoms with Gasteiger partial charge in [-0.15, -0.1) is 0 Å². The molecule has 1 aromatic heterocycles. The van der Waals surface area contributed by atoms with Gasteiger partial charge in [0.1, 0.15) is 11.5 Å². The van der Waals surface area contributed by atoms with Gasteiger partial charge < -0.3 is 9.73 Å². The highest BCUT2D eigenvalue weighted by Gasteiger charge is 2.07. The van der Waals surface area contributed by atoms with Crippen molar-refractivity contribution in [1.82, 2.24) is 0 Å². The van der Waals surface area contributed by atoms with E-state index >= 15 is 0 Å². The number of nitrogens with one attached hydrogen (secondary N) is 1. The zero-order valence-electron chi connectivity index (χ0n) is 13.6. The molecule has 1 amide bonds. The molecule has 0 bridgehead atoms. The first-order valence-electron chi connectivity index (χ1n) is 7.69. The fraction of sp³-hybridized carbons (Fsp3) is 0. The van der Waals surface area contributed by atoms with Crippen molar-refractivity contribution in [3.8, 4) is 11.3 Å². The summed E-state index contributed by atoms with van der Waals surface area (Å²) in [6.07, 6.45) is 2.89. The first-order valence-corrected chi connectivity index (χ1v) is 9.24. The molecule has 26 heavy (non-hydrogen) atoms. The number of hydrogen-bond acceptors (Lipinski definition) is 4. The second kappa shape index (κ2) is 7.38. The summed E-state index contributed by atoms with van der Waals surface area (Å²) >= 11 is 0. The van der Waals surface area contributed by atoms with Gasteiger partial charge in [0.15, 0.2) is 0 Å². The standard InChI is InChI=1S/C19H16N2O4S/c20-26(23,24)17-10-6-15(7-11-17)21-19(22)13-9-16-8-12-18(25-16)14-4-2-1-3-5-14/h1-13H,(H,21,22)(H2,20,23,24)/b13-9+. The molecule has 0 fully saturated rings. The number of primary sulfonamides is 1. The summed E-state index contributed by atoms with van der Waals surface area (Å²) in [4.78, 5) is 11.9. The van der Waals surface area contributed by atoms with E-state index in [1.165, 1.54) is 30.3 Å². The molecule has 0 atom stereocenters. The Morgan fingerprint density at radius 3 is 2.31 bits per heavy atom. The Bertz CT molecular complexity index is 1040. The summed E-state index contributed by atoms with van der Waals surface area (Å²) in [6, 6.07) is 18.8. The minimum atomic E-state index is -3.75. The predicted octanol–water partition coefficient (Wildman–Crippen LogP) is 3.25. The van der Waals surface area contributed by atoms with Crippen molar-refractivity contribution in [2.45, 2.75) is 4.90 Å². The van der Waals surface area contributed by atoms with Crippen LogP contribution in [0.15, 0.2) is 82.1 Å². The molecule has 0 aliphatic rings. The zero-order chi connectivity index (χ0) is 18.6. The summed E-state index contributed by atoms with van der Waals surface area (Å²) in [5, 5.41) is 7.65. The summed E-state index contributed by atoms with van der Waals surface area (Å²) in [6.45, 7) is 0. The molecule has 3 N–H and O–H groups in total. The molecule has 0 unspecified atom stereocenters. The number of benzene rings is 2. The molecule has 0 spiro atoms. The number of nitrogens with two attached hydrogens (primary N) is 1. The molecule has 2 aromatic carbocycles. The van der Waals surface area contributed by atoms with Crippen LogP contribution in [0.3, 0.4) is 0 Å². The zero-order valence-corrected chi connectivity index (χ0v) is 14.4. The number of carbonyl (C=O) groups is 1. The van der Waals surface area contributed by atoms with Crippen LogP contribution < -0.4 is 10.5 Å². The minimum absolute atomic E-state index is 0.0185. The fourth-order valence-corrected chi connectivity index (χ4v) is 2.79. The average molecular weight is 368 g/mol. The lowest BCUT2D eigenvalue weighted by Gasteiger charge is -2.03. The van der Waals surface area contributed by atoms with Crippen LogP contribution in [0.2, 0.25) is 0 Å². The van der Waals surface area contributed by atoms with Crippen molar-refractivity contribution in [2.75, 3.05) is 5.32 Å². The molecule has 132 valence electrons. The van der Waals surface area contributed by atoms with E-state index in [2.05, 4.69) is 5.32 Å². The highest BCUT2D eigenvalue weighted by Crippen LogP contribution is 2.22. The van der Waals surface area contributed by atoms with Gasteiger partial charge in [0.05, 0.1) is 4.90 Å². The molecule has 0 saturated carbocycles. The highest BCUT2D eigenvalue weighted by molar-refractivity contribution is 7.89. The topological polar surface area (TPSA) is 102 Å². The van der Waals surface area contributed by atoms with Gasteiger partial charge in [-0.25, -0.2) is 13.6 Å². The van der Waals surface area contributed by atoms with Crippen molar-refractivity contribution in [1.29, 1.82) is 0 Å². The summed E-state index contributed by atoms with van der Waals surface area (Å²) in [7, 11) is -3.75. The third-order valence-electron chi connectivity index (χ3n) is 3.53. The molecule has 6 nitrogen and oxygen atoms in total. The Morgan fingerprint density at radius 2 is 1.65 bits per heavy atom. The molecule has 0 aliphatic carbocycles. The van der Waals surface area contributed by atoms with Crippen molar-refractivity contribution < 1.29 is 17.6 Å². The van der Waals surface area contributed by atoms with Crippen molar-refractivity contribution in [3.63, 3.8) is 0 Å². The first kappa shape index (κ1) is 17.7. The van der Waals surface area contributed by atoms with Gasteiger partial charge >= 0.3 is 0 Å². The van der Waals surface area contributed by atoms with Crippen LogP contribution in [0.4, 0.5) is 5.69 Å². The van der Waals surface area contributed by atoms with Crippen LogP contribution in [0.25, 0.3) is 17.4 Å². The Balaban J connectivity index is 1.64. The Hall–Kier alpha value is -3.16. The highest BCUT2D eigenvalue weighted by atomic mass is 32.2. The fourth-order valence-electron chi connectivity index (χ4n) is 2.27. The van der Waals surface area contributed by atoms with E-state index in [4.69, 9.17) is 9.56 Å². The van der Waals surface area contributed by atoms with E-state index in [9.17, 15) is 13.2 Å². The Morgan fingerprint density at radius 1 is 0.962 bits per heavy atom. The van der Waals surface area contributed by atoms with Gasteiger partial charge in [-0.05, 0) is 42.5 Å². The van der Waals surface area contributed by atoms with Crippen LogP contribution in [-0.4, -0.2) is 14.3 Å². The second-order valence-corrected chi connectivity index (χ2v) is 7.02. The summed E-state index contributed by atoms with van der Waals surface area (Å²) < 4.78 is 28.1. The smallest absolute Gasteiger partial charge is 0.248 e. The molecule has 0 radical (unpaired) electrons. The normalized spacial score (nSPS) is 11.6. The molecule has 1 heterocycles. The van der Waals surface area contributed by atoms with E-state index in [1.54, 1.807) is 12.1 Å². The quantitative estimate of drug-likeness (QED) is 0.675. The number of carbonyl (C=O) groups excluding carboxylic acids is 1. The lowest BCUT2D eigenvalue weighted by atomic mass is 10.2. The van der Waals surface area contributed by atoms with Crippen molar-refractivity contribution >= 4 is 27.7 Å². The lowest BCUT2D eigenvalue weighted by molar-refractivity contribution is -0.111. The largest absolute Gasteiger partial charge is 0.457 e. The van der Waals surface area contributed by atoms with Crippen LogP contribution in [-0.2, 0) is 14.8 Å². The Kier molecular flexibility index (Phi) is 5.01. The van der Waals surface area contributed by atoms with E-state index in [0.29, 0.717) is 17.2 Å². The molecule has 7 heteroatoms. The molecule has 3 rings (SSSR count). The number of sulfonamides is 1. The van der Waals surface area contributed by atoms with E-state index < -0.39 is 10.0 Å². The van der Waals surface area contributed by atoms with Gasteiger partial charge in [-0.2, -0.15) is 0 Å². The third kappa shape index (κ3) is 4.47. The molecular formula is C19H16N2O4S. The van der Waals surface area contributed by atoms with E-state index in [-0.39, 0.29) is 10.8 Å². The maximum atomic E-state index is 12.0. The summed E-state index contributed by atoms with van der Waals surface area (Å²) in [5.41, 5.74) is 1.41. The number of hydrogen-bond donors (Lipinski definition) is 2. The number of rotatable bonds is 5. The Labute approximate surface area is 151 Å². The monoisotopic (exact) mass is 368 g/mol. The van der Waals surface area contributed by atoms with Gasteiger partial charge in [0.25, 0.3) is 0 Å². The average Bonchev–Trinajstić information content (AvgIpc) is 3.09. The molecular weight excluding hydrogens is 352 g/mol. The maximum Gasteiger partial charge on any atom is 0.248 e. The van der Waals surface area contributed by atoms with Gasteiger partial charge in [-0.3, -0.25) is 4.79 Å². The maximum absolute atomic E-state index is 12.0. The van der Waals surface area contributed by atoms with Crippen LogP contribution >= 0.6 is 0 Å². The number of anilines is 1. The SMILES string of the molecule is NS(=O)(=O)c1ccc(NC(=O)/C=C/c2ccc(-c3ccccc3)o2)cc1. The summed E-state index contributed by atoms with van der Waals surface area (Å²) in [5.74, 6) is 0.888. The number of amides is 1. The van der Waals surface area contributed by atoms with Crippen LogP contribution in [0.5, 0.6) is 0 Å². The number of furan rings is 1. The molecule has 3 aromatic rings.